The smallest absolute Gasteiger partial charge is 0.410 e. The first-order chi connectivity index (χ1) is 18.2. The van der Waals surface area contributed by atoms with Gasteiger partial charge >= 0.3 is 6.09 Å². The number of fused-ring (bicyclic) bond motifs is 1. The van der Waals surface area contributed by atoms with Gasteiger partial charge in [0.25, 0.3) is 0 Å². The van der Waals surface area contributed by atoms with Crippen molar-refractivity contribution in [1.82, 2.24) is 29.7 Å². The summed E-state index contributed by atoms with van der Waals surface area (Å²) in [6, 6.07) is 1.90. The molecule has 5 rings (SSSR count). The topological polar surface area (TPSA) is 87.3 Å². The third-order valence-electron chi connectivity index (χ3n) is 6.66. The Morgan fingerprint density at radius 3 is 2.82 bits per heavy atom. The highest BCUT2D eigenvalue weighted by Crippen LogP contribution is 2.35. The second kappa shape index (κ2) is 11.2. The normalized spacial score (nSPS) is 20.3. The summed E-state index contributed by atoms with van der Waals surface area (Å²) in [5.74, 6) is 6.50. The van der Waals surface area contributed by atoms with Crippen molar-refractivity contribution in [2.45, 2.75) is 71.2 Å². The molecule has 38 heavy (non-hydrogen) atoms. The fourth-order valence-corrected chi connectivity index (χ4v) is 5.86. The zero-order valence-corrected chi connectivity index (χ0v) is 24.3. The van der Waals surface area contributed by atoms with Crippen molar-refractivity contribution in [3.8, 4) is 11.8 Å². The largest absolute Gasteiger partial charge is 0.444 e. The summed E-state index contributed by atoms with van der Waals surface area (Å²) in [4.78, 5) is 15.9. The minimum Gasteiger partial charge on any atom is -0.444 e. The molecule has 0 spiro atoms. The number of likely N-dealkylation sites (tertiary alicyclic amines) is 1. The van der Waals surface area contributed by atoms with Crippen LogP contribution in [0.25, 0.3) is 10.9 Å². The molecular formula is C27H32BrClN6O3. The summed E-state index contributed by atoms with van der Waals surface area (Å²) >= 11 is 10.3. The minimum atomic E-state index is -0.506. The van der Waals surface area contributed by atoms with E-state index in [9.17, 15) is 4.79 Å². The maximum atomic E-state index is 12.5. The predicted octanol–water partition coefficient (Wildman–Crippen LogP) is 5.79. The van der Waals surface area contributed by atoms with Crippen LogP contribution in [0, 0.1) is 17.8 Å². The summed E-state index contributed by atoms with van der Waals surface area (Å²) in [6.07, 6.45) is 8.20. The lowest BCUT2D eigenvalue weighted by Gasteiger charge is -2.33. The molecule has 4 heterocycles. The quantitative estimate of drug-likeness (QED) is 0.352. The molecule has 2 aromatic heterocycles. The Kier molecular flexibility index (Phi) is 7.98. The van der Waals surface area contributed by atoms with Gasteiger partial charge in [-0.25, -0.2) is 9.48 Å². The van der Waals surface area contributed by atoms with E-state index in [-0.39, 0.29) is 18.2 Å². The Bertz CT molecular complexity index is 1380. The number of hydrogen-bond acceptors (Lipinski definition) is 6. The first-order valence-corrected chi connectivity index (χ1v) is 14.2. The van der Waals surface area contributed by atoms with E-state index in [1.807, 2.05) is 37.7 Å². The minimum absolute atomic E-state index is 0.0726. The van der Waals surface area contributed by atoms with Crippen LogP contribution in [-0.2, 0) is 16.0 Å². The molecule has 0 radical (unpaired) electrons. The van der Waals surface area contributed by atoms with Crippen molar-refractivity contribution in [1.29, 1.82) is 0 Å². The van der Waals surface area contributed by atoms with Crippen LogP contribution in [0.5, 0.6) is 0 Å². The molecule has 2 saturated heterocycles. The van der Waals surface area contributed by atoms with Crippen molar-refractivity contribution in [3.05, 3.63) is 39.2 Å². The number of carbonyl (C=O) groups is 1. The van der Waals surface area contributed by atoms with Crippen LogP contribution in [0.2, 0.25) is 5.02 Å². The lowest BCUT2D eigenvalue weighted by Crippen LogP contribution is -2.43. The van der Waals surface area contributed by atoms with Crippen LogP contribution in [-0.4, -0.2) is 61.1 Å². The number of nitrogens with zero attached hydrogens (tertiary/aromatic N) is 6. The van der Waals surface area contributed by atoms with Crippen LogP contribution >= 0.6 is 27.5 Å². The van der Waals surface area contributed by atoms with Crippen LogP contribution < -0.4 is 0 Å². The van der Waals surface area contributed by atoms with Crippen molar-refractivity contribution in [3.63, 3.8) is 0 Å². The highest BCUT2D eigenvalue weighted by Gasteiger charge is 2.28. The number of ether oxygens (including phenoxy) is 2. The third kappa shape index (κ3) is 6.16. The second-order valence-electron chi connectivity index (χ2n) is 10.9. The van der Waals surface area contributed by atoms with Gasteiger partial charge in [0, 0.05) is 29.6 Å². The summed E-state index contributed by atoms with van der Waals surface area (Å²) in [7, 11) is 0. The molecule has 11 heteroatoms. The number of piperidine rings is 1. The average molecular weight is 604 g/mol. The standard InChI is InChI=1S/C27H32BrClN6O3/c1-27(2,3)38-26(36)33-11-6-7-18(16-33)17-34-30-14-19(32-34)9-10-20-22(29)13-23-21(25(20)28)15-31-35(23)24-8-4-5-12-37-24/h13-15,18,24H,4-8,11-12,16-17H2,1-3H3/t18-,24?/m1/s1. The predicted molar refractivity (Wildman–Crippen MR) is 148 cm³/mol. The van der Waals surface area contributed by atoms with E-state index in [4.69, 9.17) is 21.1 Å². The van der Waals surface area contributed by atoms with Crippen molar-refractivity contribution < 1.29 is 14.3 Å². The lowest BCUT2D eigenvalue weighted by atomic mass is 9.98. The molecular weight excluding hydrogens is 572 g/mol. The van der Waals surface area contributed by atoms with E-state index in [1.54, 1.807) is 15.9 Å². The molecule has 202 valence electrons. The van der Waals surface area contributed by atoms with Crippen LogP contribution in [0.3, 0.4) is 0 Å². The monoisotopic (exact) mass is 602 g/mol. The number of benzene rings is 1. The maximum absolute atomic E-state index is 12.5. The Balaban J connectivity index is 1.27. The lowest BCUT2D eigenvalue weighted by molar-refractivity contribution is -0.0366. The van der Waals surface area contributed by atoms with E-state index >= 15 is 0 Å². The Morgan fingerprint density at radius 2 is 2.05 bits per heavy atom. The van der Waals surface area contributed by atoms with E-state index in [0.29, 0.717) is 35.9 Å². The molecule has 9 nitrogen and oxygen atoms in total. The van der Waals surface area contributed by atoms with Gasteiger partial charge in [0.15, 0.2) is 11.9 Å². The van der Waals surface area contributed by atoms with Gasteiger partial charge in [-0.15, -0.1) is 5.10 Å². The van der Waals surface area contributed by atoms with Gasteiger partial charge < -0.3 is 14.4 Å². The van der Waals surface area contributed by atoms with E-state index in [0.717, 1.165) is 54.1 Å². The summed E-state index contributed by atoms with van der Waals surface area (Å²) in [5.41, 5.74) is 1.64. The van der Waals surface area contributed by atoms with Gasteiger partial charge in [0.05, 0.1) is 35.0 Å². The summed E-state index contributed by atoms with van der Waals surface area (Å²) in [6.45, 7) is 8.33. The maximum Gasteiger partial charge on any atom is 0.410 e. The van der Waals surface area contributed by atoms with Crippen LogP contribution in [0.15, 0.2) is 22.9 Å². The fraction of sp³-hybridized carbons (Fsp3) is 0.556. The summed E-state index contributed by atoms with van der Waals surface area (Å²) in [5, 5.41) is 15.0. The number of carbonyl (C=O) groups excluding carboxylic acids is 1. The van der Waals surface area contributed by atoms with Gasteiger partial charge in [-0.3, -0.25) is 0 Å². The SMILES string of the molecule is CC(C)(C)OC(=O)N1CCC[C@@H](Cn2ncc(C#Cc3c(Cl)cc4c(cnn4C4CCCCO4)c3Br)n2)C1. The molecule has 2 aliphatic rings. The zero-order valence-electron chi connectivity index (χ0n) is 21.9. The van der Waals surface area contributed by atoms with E-state index in [1.165, 1.54) is 0 Å². The van der Waals surface area contributed by atoms with Gasteiger partial charge in [-0.2, -0.15) is 15.0 Å². The molecule has 2 atom stereocenters. The second-order valence-corrected chi connectivity index (χ2v) is 12.1. The molecule has 1 unspecified atom stereocenters. The highest BCUT2D eigenvalue weighted by molar-refractivity contribution is 9.10. The van der Waals surface area contributed by atoms with Gasteiger partial charge in [-0.1, -0.05) is 17.5 Å². The van der Waals surface area contributed by atoms with Crippen molar-refractivity contribution >= 4 is 44.5 Å². The number of amides is 1. The first kappa shape index (κ1) is 27.0. The van der Waals surface area contributed by atoms with Crippen molar-refractivity contribution in [2.24, 2.45) is 5.92 Å². The first-order valence-electron chi connectivity index (χ1n) is 13.0. The number of hydrogen-bond donors (Lipinski definition) is 0. The Morgan fingerprint density at radius 1 is 1.21 bits per heavy atom. The van der Waals surface area contributed by atoms with Crippen molar-refractivity contribution in [2.75, 3.05) is 19.7 Å². The molecule has 0 saturated carbocycles. The van der Waals surface area contributed by atoms with E-state index < -0.39 is 5.60 Å². The molecule has 2 aliphatic heterocycles. The van der Waals surface area contributed by atoms with Gasteiger partial charge in [0.1, 0.15) is 5.60 Å². The Hall–Kier alpha value is -2.61. The van der Waals surface area contributed by atoms with Gasteiger partial charge in [-0.05, 0) is 86.7 Å². The summed E-state index contributed by atoms with van der Waals surface area (Å²) < 4.78 is 14.2. The molecule has 0 aliphatic carbocycles. The molecule has 3 aromatic rings. The fourth-order valence-electron chi connectivity index (χ4n) is 4.88. The molecule has 1 aromatic carbocycles. The van der Waals surface area contributed by atoms with Crippen LogP contribution in [0.4, 0.5) is 4.79 Å². The third-order valence-corrected chi connectivity index (χ3v) is 7.79. The zero-order chi connectivity index (χ0) is 26.9. The highest BCUT2D eigenvalue weighted by atomic mass is 79.9. The van der Waals surface area contributed by atoms with Crippen LogP contribution in [0.1, 0.15) is 70.4 Å². The molecule has 1 amide bonds. The number of aromatic nitrogens is 5. The van der Waals surface area contributed by atoms with Gasteiger partial charge in [0.2, 0.25) is 0 Å². The van der Waals surface area contributed by atoms with E-state index in [2.05, 4.69) is 43.1 Å². The number of rotatable bonds is 3. The Labute approximate surface area is 235 Å². The molecule has 0 bridgehead atoms. The average Bonchev–Trinajstić information content (AvgIpc) is 3.50. The molecule has 0 N–H and O–H groups in total. The molecule has 2 fully saturated rings. The number of halogens is 2.